The highest BCUT2D eigenvalue weighted by Gasteiger charge is 2.22. The third kappa shape index (κ3) is 6.73. The van der Waals surface area contributed by atoms with Gasteiger partial charge in [-0.15, -0.1) is 0 Å². The Morgan fingerprint density at radius 1 is 1.00 bits per heavy atom. The lowest BCUT2D eigenvalue weighted by Gasteiger charge is -2.38. The number of aromatic nitrogens is 2. The van der Waals surface area contributed by atoms with E-state index in [-0.39, 0.29) is 5.60 Å². The summed E-state index contributed by atoms with van der Waals surface area (Å²) in [6, 6.07) is 15.1. The molecule has 2 N–H and O–H groups in total. The van der Waals surface area contributed by atoms with Crippen LogP contribution in [-0.4, -0.2) is 51.5 Å². The van der Waals surface area contributed by atoms with E-state index in [9.17, 15) is 0 Å². The highest BCUT2D eigenvalue weighted by molar-refractivity contribution is 6.32. The quantitative estimate of drug-likeness (QED) is 0.403. The van der Waals surface area contributed by atoms with Crippen LogP contribution in [0.1, 0.15) is 37.5 Å². The van der Waals surface area contributed by atoms with Gasteiger partial charge in [0, 0.05) is 44.1 Å². The normalized spacial score (nSPS) is 15.9. The van der Waals surface area contributed by atoms with Crippen LogP contribution in [0.3, 0.4) is 0 Å². The lowest BCUT2D eigenvalue weighted by molar-refractivity contribution is -0.0103. The fourth-order valence-corrected chi connectivity index (χ4v) is 4.91. The van der Waals surface area contributed by atoms with Crippen molar-refractivity contribution >= 4 is 34.7 Å². The molecule has 3 heterocycles. The lowest BCUT2D eigenvalue weighted by Crippen LogP contribution is -2.46. The predicted molar refractivity (Wildman–Crippen MR) is 151 cm³/mol. The molecule has 0 saturated carbocycles. The van der Waals surface area contributed by atoms with Gasteiger partial charge in [0.15, 0.2) is 11.7 Å². The van der Waals surface area contributed by atoms with E-state index < -0.39 is 0 Å². The molecule has 1 aromatic heterocycles. The smallest absolute Gasteiger partial charge is 0.229 e. The molecule has 6 bridgehead atoms. The molecule has 1 fully saturated rings. The summed E-state index contributed by atoms with van der Waals surface area (Å²) >= 11 is 6.46. The lowest BCUT2D eigenvalue weighted by atomic mass is 10.0. The third-order valence-electron chi connectivity index (χ3n) is 6.50. The van der Waals surface area contributed by atoms with Crippen LogP contribution in [0, 0.1) is 0 Å². The van der Waals surface area contributed by atoms with Crippen molar-refractivity contribution in [2.45, 2.75) is 45.8 Å². The van der Waals surface area contributed by atoms with E-state index in [1.807, 2.05) is 6.07 Å². The molecule has 0 unspecified atom stereocenters. The second-order valence-electron chi connectivity index (χ2n) is 10.8. The van der Waals surface area contributed by atoms with Crippen LogP contribution in [0.2, 0.25) is 5.02 Å². The molecule has 8 heteroatoms. The van der Waals surface area contributed by atoms with Gasteiger partial charge in [0.2, 0.25) is 5.95 Å². The molecule has 0 aliphatic carbocycles. The van der Waals surface area contributed by atoms with Gasteiger partial charge < -0.3 is 20.3 Å². The molecule has 1 saturated heterocycles. The number of rotatable bonds is 4. The average Bonchev–Trinajstić information content (AvgIpc) is 2.84. The standard InChI is InChI=1S/C29H35ClN6O/c1-20(37-29(2,3)4)36-12-10-35(11-13-36)19-23-14-22-9-8-21-6-5-7-24(15-21)33-28-31-18-26(30)27(34-28)32-25(16-22)17-23/h5-7,14-18H,1,8-13,19H2,2-4H3,(H2,31,32,33,34). The Kier molecular flexibility index (Phi) is 7.26. The van der Waals surface area contributed by atoms with Crippen molar-refractivity contribution in [3.8, 4) is 0 Å². The van der Waals surface area contributed by atoms with Gasteiger partial charge in [-0.05, 0) is 81.1 Å². The molecule has 2 aromatic carbocycles. The topological polar surface area (TPSA) is 65.5 Å². The molecule has 0 spiro atoms. The van der Waals surface area contributed by atoms with Crippen molar-refractivity contribution in [3.63, 3.8) is 0 Å². The van der Waals surface area contributed by atoms with Crippen LogP contribution in [-0.2, 0) is 24.1 Å². The number of ether oxygens (including phenoxy) is 1. The van der Waals surface area contributed by atoms with Gasteiger partial charge in [0.25, 0.3) is 0 Å². The first-order valence-electron chi connectivity index (χ1n) is 12.8. The highest BCUT2D eigenvalue weighted by atomic mass is 35.5. The molecule has 0 radical (unpaired) electrons. The first kappa shape index (κ1) is 25.4. The number of halogens is 1. The Hall–Kier alpha value is -3.29. The predicted octanol–water partition coefficient (Wildman–Crippen LogP) is 6.12. The molecule has 37 heavy (non-hydrogen) atoms. The SMILES string of the molecule is C=C(OC(C)(C)C)N1CCN(Cc2cc3cc(c2)Nc2nc(ncc2Cl)Nc2cccc(c2)CC3)CC1. The number of benzene rings is 2. The fourth-order valence-electron chi connectivity index (χ4n) is 4.78. The second kappa shape index (κ2) is 10.6. The van der Waals surface area contributed by atoms with Crippen LogP contribution in [0.4, 0.5) is 23.1 Å². The Morgan fingerprint density at radius 3 is 2.54 bits per heavy atom. The van der Waals surface area contributed by atoms with Crippen LogP contribution in [0.5, 0.6) is 0 Å². The van der Waals surface area contributed by atoms with Gasteiger partial charge >= 0.3 is 0 Å². The van der Waals surface area contributed by atoms with Gasteiger partial charge in [-0.2, -0.15) is 4.98 Å². The monoisotopic (exact) mass is 518 g/mol. The maximum absolute atomic E-state index is 6.46. The highest BCUT2D eigenvalue weighted by Crippen LogP contribution is 2.28. The van der Waals surface area contributed by atoms with Crippen LogP contribution < -0.4 is 10.6 Å². The minimum atomic E-state index is -0.234. The third-order valence-corrected chi connectivity index (χ3v) is 6.78. The Balaban J connectivity index is 1.35. The van der Waals surface area contributed by atoms with Crippen molar-refractivity contribution in [3.05, 3.63) is 82.8 Å². The molecular weight excluding hydrogens is 484 g/mol. The van der Waals surface area contributed by atoms with Gasteiger partial charge in [0.1, 0.15) is 10.6 Å². The summed E-state index contributed by atoms with van der Waals surface area (Å²) in [5.74, 6) is 1.86. The number of anilines is 4. The maximum atomic E-state index is 6.46. The summed E-state index contributed by atoms with van der Waals surface area (Å²) in [7, 11) is 0. The largest absolute Gasteiger partial charge is 0.474 e. The molecule has 0 atom stereocenters. The minimum absolute atomic E-state index is 0.234. The number of nitrogens with zero attached hydrogens (tertiary/aromatic N) is 4. The summed E-state index contributed by atoms with van der Waals surface area (Å²) in [4.78, 5) is 13.7. The summed E-state index contributed by atoms with van der Waals surface area (Å²) in [5, 5.41) is 7.22. The van der Waals surface area contributed by atoms with E-state index in [4.69, 9.17) is 16.3 Å². The van der Waals surface area contributed by atoms with E-state index in [0.29, 0.717) is 16.8 Å². The van der Waals surface area contributed by atoms with Crippen molar-refractivity contribution in [2.24, 2.45) is 0 Å². The summed E-state index contributed by atoms with van der Waals surface area (Å²) in [6.45, 7) is 14.9. The van der Waals surface area contributed by atoms with E-state index >= 15 is 0 Å². The van der Waals surface area contributed by atoms with Crippen LogP contribution in [0.25, 0.3) is 0 Å². The minimum Gasteiger partial charge on any atom is -0.474 e. The van der Waals surface area contributed by atoms with Crippen molar-refractivity contribution in [1.82, 2.24) is 19.8 Å². The molecule has 2 aliphatic heterocycles. The van der Waals surface area contributed by atoms with Crippen molar-refractivity contribution in [1.29, 1.82) is 0 Å². The molecule has 3 aromatic rings. The zero-order chi connectivity index (χ0) is 26.0. The van der Waals surface area contributed by atoms with E-state index in [1.54, 1.807) is 6.20 Å². The number of piperazine rings is 1. The van der Waals surface area contributed by atoms with E-state index in [2.05, 4.69) is 94.1 Å². The van der Waals surface area contributed by atoms with E-state index in [0.717, 1.165) is 62.8 Å². The molecular formula is C29H35ClN6O. The van der Waals surface area contributed by atoms with Crippen molar-refractivity contribution in [2.75, 3.05) is 36.8 Å². The van der Waals surface area contributed by atoms with Crippen molar-refractivity contribution < 1.29 is 4.74 Å². The van der Waals surface area contributed by atoms with Gasteiger partial charge in [0.05, 0.1) is 6.20 Å². The zero-order valence-corrected chi connectivity index (χ0v) is 22.6. The maximum Gasteiger partial charge on any atom is 0.229 e. The van der Waals surface area contributed by atoms with E-state index in [1.165, 1.54) is 16.7 Å². The molecule has 194 valence electrons. The Labute approximate surface area is 224 Å². The number of fused-ring (bicyclic) bond motifs is 6. The van der Waals surface area contributed by atoms with Gasteiger partial charge in [-0.3, -0.25) is 4.90 Å². The number of hydrogen-bond donors (Lipinski definition) is 2. The average molecular weight is 519 g/mol. The Morgan fingerprint density at radius 2 is 1.76 bits per heavy atom. The molecule has 2 aliphatic rings. The summed E-state index contributed by atoms with van der Waals surface area (Å²) < 4.78 is 5.98. The number of nitrogens with one attached hydrogen (secondary N) is 2. The molecule has 0 amide bonds. The molecule has 7 nitrogen and oxygen atoms in total. The van der Waals surface area contributed by atoms with Crippen LogP contribution in [0.15, 0.2) is 61.1 Å². The van der Waals surface area contributed by atoms with Gasteiger partial charge in [-0.25, -0.2) is 4.98 Å². The second-order valence-corrected chi connectivity index (χ2v) is 11.2. The number of aryl methyl sites for hydroxylation is 2. The summed E-state index contributed by atoms with van der Waals surface area (Å²) in [6.07, 6.45) is 3.52. The zero-order valence-electron chi connectivity index (χ0n) is 21.9. The van der Waals surface area contributed by atoms with Crippen LogP contribution >= 0.6 is 11.6 Å². The molecule has 5 rings (SSSR count). The first-order valence-corrected chi connectivity index (χ1v) is 13.2. The fraction of sp³-hybridized carbons (Fsp3) is 0.379. The first-order chi connectivity index (χ1) is 17.7. The van der Waals surface area contributed by atoms with Gasteiger partial charge in [-0.1, -0.05) is 29.8 Å². The number of hydrogen-bond acceptors (Lipinski definition) is 7. The Bertz CT molecular complexity index is 1280. The summed E-state index contributed by atoms with van der Waals surface area (Å²) in [5.41, 5.74) is 5.54.